The first kappa shape index (κ1) is 19.1. The molecule has 5 rings (SSSR count). The number of hydrogen-bond donors (Lipinski definition) is 1. The first-order valence-electron chi connectivity index (χ1n) is 9.92. The van der Waals surface area contributed by atoms with Crippen LogP contribution in [0.5, 0.6) is 11.5 Å². The Hall–Kier alpha value is -2.88. The van der Waals surface area contributed by atoms with Crippen LogP contribution in [0, 0.1) is 0 Å². The van der Waals surface area contributed by atoms with Gasteiger partial charge in [0.05, 0.1) is 17.5 Å². The van der Waals surface area contributed by atoms with Crippen LogP contribution in [0.25, 0.3) is 5.70 Å². The average Bonchev–Trinajstić information content (AvgIpc) is 3.32. The topological polar surface area (TPSA) is 114 Å². The fourth-order valence-corrected chi connectivity index (χ4v) is 5.91. The highest BCUT2D eigenvalue weighted by Crippen LogP contribution is 2.38. The lowest BCUT2D eigenvalue weighted by Gasteiger charge is -2.27. The number of benzene rings is 1. The van der Waals surface area contributed by atoms with E-state index in [1.165, 1.54) is 11.1 Å². The standard InChI is InChI=1S/C20H21N3O6S/c24-17(15-1-2-20(25)23(22-15)13-4-6-30(26,27)10-13)9-16-14-8-19-18(28-11-29-19)7-12(14)3-5-21-16/h7-9,13,21H,1-6,10-11H2/b16-9-/t13-/m1/s1. The van der Waals surface area contributed by atoms with Gasteiger partial charge in [0.15, 0.2) is 21.3 Å². The smallest absolute Gasteiger partial charge is 0.243 e. The molecule has 0 unspecified atom stereocenters. The van der Waals surface area contributed by atoms with E-state index in [9.17, 15) is 18.0 Å². The van der Waals surface area contributed by atoms with Crippen LogP contribution in [-0.4, -0.2) is 61.7 Å². The fourth-order valence-electron chi connectivity index (χ4n) is 4.21. The normalized spacial score (nSPS) is 25.7. The second-order valence-electron chi connectivity index (χ2n) is 7.80. The van der Waals surface area contributed by atoms with Gasteiger partial charge in [-0.1, -0.05) is 0 Å². The number of carbonyl (C=O) groups is 2. The van der Waals surface area contributed by atoms with E-state index in [1.807, 2.05) is 12.1 Å². The van der Waals surface area contributed by atoms with Crippen molar-refractivity contribution in [2.24, 2.45) is 5.10 Å². The highest BCUT2D eigenvalue weighted by molar-refractivity contribution is 7.91. The van der Waals surface area contributed by atoms with E-state index in [2.05, 4.69) is 10.4 Å². The summed E-state index contributed by atoms with van der Waals surface area (Å²) in [5.41, 5.74) is 2.89. The number of amides is 1. The van der Waals surface area contributed by atoms with E-state index < -0.39 is 15.9 Å². The minimum atomic E-state index is -3.16. The number of nitrogens with one attached hydrogen (secondary N) is 1. The molecule has 4 heterocycles. The molecule has 4 aliphatic rings. The maximum atomic E-state index is 12.9. The number of ether oxygens (including phenoxy) is 2. The fraction of sp³-hybridized carbons (Fsp3) is 0.450. The number of hydrogen-bond acceptors (Lipinski definition) is 8. The molecule has 10 heteroatoms. The maximum absolute atomic E-state index is 12.9. The van der Waals surface area contributed by atoms with Gasteiger partial charge in [-0.3, -0.25) is 9.59 Å². The molecule has 1 aromatic carbocycles. The first-order valence-corrected chi connectivity index (χ1v) is 11.7. The molecule has 0 aromatic heterocycles. The molecule has 30 heavy (non-hydrogen) atoms. The van der Waals surface area contributed by atoms with Crippen LogP contribution < -0.4 is 14.8 Å². The van der Waals surface area contributed by atoms with E-state index in [-0.39, 0.29) is 48.5 Å². The van der Waals surface area contributed by atoms with Gasteiger partial charge in [-0.25, -0.2) is 13.4 Å². The Morgan fingerprint density at radius 3 is 2.77 bits per heavy atom. The number of allylic oxidation sites excluding steroid dienone is 1. The summed E-state index contributed by atoms with van der Waals surface area (Å²) in [6.07, 6.45) is 3.04. The van der Waals surface area contributed by atoms with Gasteiger partial charge in [0.1, 0.15) is 5.71 Å². The molecule has 1 aromatic rings. The van der Waals surface area contributed by atoms with Crippen molar-refractivity contribution >= 4 is 32.9 Å². The minimum absolute atomic E-state index is 0.0428. The van der Waals surface area contributed by atoms with Crippen LogP contribution in [0.1, 0.15) is 30.4 Å². The van der Waals surface area contributed by atoms with Crippen molar-refractivity contribution in [3.8, 4) is 11.5 Å². The number of carbonyl (C=O) groups excluding carboxylic acids is 2. The molecular weight excluding hydrogens is 410 g/mol. The number of sulfone groups is 1. The number of ketones is 1. The third kappa shape index (κ3) is 3.45. The summed E-state index contributed by atoms with van der Waals surface area (Å²) in [4.78, 5) is 25.2. The Morgan fingerprint density at radius 2 is 2.00 bits per heavy atom. The van der Waals surface area contributed by atoms with Crippen LogP contribution in [0.15, 0.2) is 23.3 Å². The summed E-state index contributed by atoms with van der Waals surface area (Å²) in [5.74, 6) is 0.758. The van der Waals surface area contributed by atoms with Gasteiger partial charge in [0, 0.05) is 36.7 Å². The second kappa shape index (κ2) is 7.12. The molecular formula is C20H21N3O6S. The SMILES string of the molecule is O=C(/C=C1\NCCc2cc3c(cc21)OCO3)C1=NN([C@@H]2CCS(=O)(=O)C2)C(=O)CC1. The lowest BCUT2D eigenvalue weighted by molar-refractivity contribution is -0.133. The lowest BCUT2D eigenvalue weighted by atomic mass is 9.95. The van der Waals surface area contributed by atoms with Crippen molar-refractivity contribution < 1.29 is 27.5 Å². The summed E-state index contributed by atoms with van der Waals surface area (Å²) in [6.45, 7) is 0.865. The zero-order chi connectivity index (χ0) is 20.9. The van der Waals surface area contributed by atoms with Crippen molar-refractivity contribution in [1.82, 2.24) is 10.3 Å². The summed E-state index contributed by atoms with van der Waals surface area (Å²) in [5, 5.41) is 8.72. The minimum Gasteiger partial charge on any atom is -0.454 e. The predicted molar refractivity (Wildman–Crippen MR) is 108 cm³/mol. The molecule has 0 bridgehead atoms. The zero-order valence-electron chi connectivity index (χ0n) is 16.2. The van der Waals surface area contributed by atoms with Gasteiger partial charge in [-0.2, -0.15) is 5.10 Å². The third-order valence-corrected chi connectivity index (χ3v) is 7.52. The molecule has 0 saturated carbocycles. The van der Waals surface area contributed by atoms with E-state index in [0.29, 0.717) is 30.2 Å². The molecule has 9 nitrogen and oxygen atoms in total. The van der Waals surface area contributed by atoms with Crippen LogP contribution in [0.2, 0.25) is 0 Å². The number of rotatable bonds is 3. The van der Waals surface area contributed by atoms with Gasteiger partial charge in [0.25, 0.3) is 0 Å². The van der Waals surface area contributed by atoms with Gasteiger partial charge in [-0.05, 0) is 30.5 Å². The molecule has 4 aliphatic heterocycles. The highest BCUT2D eigenvalue weighted by Gasteiger charge is 2.37. The highest BCUT2D eigenvalue weighted by atomic mass is 32.2. The average molecular weight is 431 g/mol. The van der Waals surface area contributed by atoms with Crippen molar-refractivity contribution in [1.29, 1.82) is 0 Å². The lowest BCUT2D eigenvalue weighted by Crippen LogP contribution is -2.41. The quantitative estimate of drug-likeness (QED) is 0.699. The van der Waals surface area contributed by atoms with Crippen LogP contribution in [-0.2, 0) is 25.8 Å². The molecule has 0 aliphatic carbocycles. The van der Waals surface area contributed by atoms with Crippen molar-refractivity contribution in [2.75, 3.05) is 24.8 Å². The van der Waals surface area contributed by atoms with Gasteiger partial charge in [-0.15, -0.1) is 0 Å². The van der Waals surface area contributed by atoms with Crippen molar-refractivity contribution in [3.05, 3.63) is 29.3 Å². The summed E-state index contributed by atoms with van der Waals surface area (Å²) in [7, 11) is -3.16. The number of nitrogens with zero attached hydrogens (tertiary/aromatic N) is 2. The Kier molecular flexibility index (Phi) is 4.53. The second-order valence-corrected chi connectivity index (χ2v) is 10.0. The maximum Gasteiger partial charge on any atom is 0.243 e. The van der Waals surface area contributed by atoms with E-state index in [0.717, 1.165) is 17.5 Å². The molecule has 0 radical (unpaired) electrons. The van der Waals surface area contributed by atoms with Crippen LogP contribution in [0.4, 0.5) is 0 Å². The van der Waals surface area contributed by atoms with Gasteiger partial charge in [0.2, 0.25) is 18.5 Å². The third-order valence-electron chi connectivity index (χ3n) is 5.77. The number of fused-ring (bicyclic) bond motifs is 2. The molecule has 1 saturated heterocycles. The van der Waals surface area contributed by atoms with Crippen molar-refractivity contribution in [2.45, 2.75) is 31.7 Å². The Labute approximate surface area is 173 Å². The molecule has 1 amide bonds. The first-order chi connectivity index (χ1) is 14.4. The van der Waals surface area contributed by atoms with E-state index >= 15 is 0 Å². The largest absolute Gasteiger partial charge is 0.454 e. The summed E-state index contributed by atoms with van der Waals surface area (Å²) >= 11 is 0. The molecule has 0 spiro atoms. The van der Waals surface area contributed by atoms with E-state index in [1.54, 1.807) is 0 Å². The monoisotopic (exact) mass is 431 g/mol. The van der Waals surface area contributed by atoms with Gasteiger partial charge >= 0.3 is 0 Å². The van der Waals surface area contributed by atoms with Crippen LogP contribution >= 0.6 is 0 Å². The summed E-state index contributed by atoms with van der Waals surface area (Å²) in [6, 6.07) is 3.31. The van der Waals surface area contributed by atoms with E-state index in [4.69, 9.17) is 9.47 Å². The number of hydrazone groups is 1. The van der Waals surface area contributed by atoms with Crippen LogP contribution in [0.3, 0.4) is 0 Å². The molecule has 158 valence electrons. The van der Waals surface area contributed by atoms with Gasteiger partial charge < -0.3 is 14.8 Å². The molecule has 1 N–H and O–H groups in total. The summed E-state index contributed by atoms with van der Waals surface area (Å²) < 4.78 is 34.4. The zero-order valence-corrected chi connectivity index (χ0v) is 17.0. The van der Waals surface area contributed by atoms with Crippen molar-refractivity contribution in [3.63, 3.8) is 0 Å². The Bertz CT molecular complexity index is 1110. The Morgan fingerprint density at radius 1 is 1.20 bits per heavy atom. The predicted octanol–water partition coefficient (Wildman–Crippen LogP) is 0.637. The molecule has 1 atom stereocenters. The Balaban J connectivity index is 1.42. The molecule has 1 fully saturated rings.